The molecule has 0 spiro atoms. The van der Waals surface area contributed by atoms with Gasteiger partial charge in [-0.25, -0.2) is 4.98 Å². The lowest BCUT2D eigenvalue weighted by Gasteiger charge is -2.22. The van der Waals surface area contributed by atoms with Crippen LogP contribution in [0.2, 0.25) is 0 Å². The van der Waals surface area contributed by atoms with Gasteiger partial charge in [0.1, 0.15) is 0 Å². The first-order valence-electron chi connectivity index (χ1n) is 5.83. The van der Waals surface area contributed by atoms with Gasteiger partial charge in [0.25, 0.3) is 0 Å². The van der Waals surface area contributed by atoms with E-state index in [9.17, 15) is 4.79 Å². The van der Waals surface area contributed by atoms with Crippen LogP contribution in [0.3, 0.4) is 0 Å². The quantitative estimate of drug-likeness (QED) is 0.643. The van der Waals surface area contributed by atoms with Gasteiger partial charge in [0, 0.05) is 19.5 Å². The summed E-state index contributed by atoms with van der Waals surface area (Å²) in [6.45, 7) is 3.57. The van der Waals surface area contributed by atoms with Crippen molar-refractivity contribution in [2.75, 3.05) is 6.54 Å². The molecule has 5 nitrogen and oxygen atoms in total. The molecule has 0 fully saturated rings. The Kier molecular flexibility index (Phi) is 3.56. The Morgan fingerprint density at radius 2 is 2.56 bits per heavy atom. The van der Waals surface area contributed by atoms with Crippen LogP contribution in [0.25, 0.3) is 0 Å². The van der Waals surface area contributed by atoms with Crippen molar-refractivity contribution in [3.63, 3.8) is 0 Å². The lowest BCUT2D eigenvalue weighted by Crippen LogP contribution is -2.47. The Labute approximate surface area is 95.0 Å². The molecule has 0 bridgehead atoms. The second-order valence-corrected chi connectivity index (χ2v) is 4.11. The molecule has 2 rings (SSSR count). The summed E-state index contributed by atoms with van der Waals surface area (Å²) in [6.07, 6.45) is 4.49. The van der Waals surface area contributed by atoms with Gasteiger partial charge in [0.15, 0.2) is 0 Å². The van der Waals surface area contributed by atoms with Gasteiger partial charge in [-0.2, -0.15) is 0 Å². The summed E-state index contributed by atoms with van der Waals surface area (Å²) in [5.74, 6) is 0.0853. The van der Waals surface area contributed by atoms with Crippen molar-refractivity contribution in [1.82, 2.24) is 20.6 Å². The van der Waals surface area contributed by atoms with E-state index in [1.165, 1.54) is 0 Å². The first kappa shape index (κ1) is 11.1. The van der Waals surface area contributed by atoms with E-state index < -0.39 is 0 Å². The van der Waals surface area contributed by atoms with E-state index in [1.54, 1.807) is 6.33 Å². The molecule has 16 heavy (non-hydrogen) atoms. The number of fused-ring (bicyclic) bond motifs is 1. The number of imidazole rings is 1. The fourth-order valence-corrected chi connectivity index (χ4v) is 1.87. The number of amides is 1. The van der Waals surface area contributed by atoms with E-state index in [0.717, 1.165) is 30.8 Å². The number of nitrogens with one attached hydrogen (secondary N) is 3. The zero-order valence-corrected chi connectivity index (χ0v) is 9.55. The van der Waals surface area contributed by atoms with Gasteiger partial charge in [-0.05, 0) is 6.42 Å². The van der Waals surface area contributed by atoms with Crippen LogP contribution in [-0.4, -0.2) is 28.5 Å². The predicted octanol–water partition coefficient (Wildman–Crippen LogP) is 0.340. The van der Waals surface area contributed by atoms with Gasteiger partial charge in [0.05, 0.1) is 23.8 Å². The summed E-state index contributed by atoms with van der Waals surface area (Å²) in [5, 5.41) is 6.14. The Morgan fingerprint density at radius 1 is 1.69 bits per heavy atom. The molecule has 1 aromatic heterocycles. The van der Waals surface area contributed by atoms with E-state index in [0.29, 0.717) is 13.0 Å². The Morgan fingerprint density at radius 3 is 3.38 bits per heavy atom. The second-order valence-electron chi connectivity index (χ2n) is 4.11. The van der Waals surface area contributed by atoms with Crippen LogP contribution in [0, 0.1) is 0 Å². The van der Waals surface area contributed by atoms with Crippen LogP contribution in [0.15, 0.2) is 6.33 Å². The van der Waals surface area contributed by atoms with Gasteiger partial charge in [-0.3, -0.25) is 10.1 Å². The lowest BCUT2D eigenvalue weighted by molar-refractivity contribution is -0.123. The third-order valence-corrected chi connectivity index (χ3v) is 2.88. The van der Waals surface area contributed by atoms with Crippen molar-refractivity contribution < 1.29 is 4.79 Å². The number of carbonyl (C=O) groups is 1. The number of nitrogens with zero attached hydrogens (tertiary/aromatic N) is 1. The third kappa shape index (κ3) is 2.41. The summed E-state index contributed by atoms with van der Waals surface area (Å²) in [6, 6.07) is -0.132. The van der Waals surface area contributed by atoms with Gasteiger partial charge in [-0.15, -0.1) is 0 Å². The number of aromatic nitrogens is 2. The highest BCUT2D eigenvalue weighted by Gasteiger charge is 2.25. The second kappa shape index (κ2) is 5.12. The SMILES string of the molecule is CCCCNC(=O)C1Cc2nc[nH]c2CN1. The standard InChI is InChI=1S/C11H18N4O/c1-2-3-4-12-11(16)9-5-8-10(6-13-9)15-7-14-8/h7,9,13H,2-6H2,1H3,(H,12,16)(H,14,15). The normalized spacial score (nSPS) is 19.2. The van der Waals surface area contributed by atoms with Crippen molar-refractivity contribution in [3.8, 4) is 0 Å². The predicted molar refractivity (Wildman–Crippen MR) is 60.8 cm³/mol. The highest BCUT2D eigenvalue weighted by atomic mass is 16.2. The first-order chi connectivity index (χ1) is 7.81. The molecule has 2 heterocycles. The van der Waals surface area contributed by atoms with E-state index in [-0.39, 0.29) is 11.9 Å². The molecule has 3 N–H and O–H groups in total. The molecule has 0 radical (unpaired) electrons. The van der Waals surface area contributed by atoms with Gasteiger partial charge >= 0.3 is 0 Å². The van der Waals surface area contributed by atoms with Crippen LogP contribution in [0.5, 0.6) is 0 Å². The molecule has 0 saturated heterocycles. The summed E-state index contributed by atoms with van der Waals surface area (Å²) in [5.41, 5.74) is 2.10. The summed E-state index contributed by atoms with van der Waals surface area (Å²) < 4.78 is 0. The number of carbonyl (C=O) groups excluding carboxylic acids is 1. The fourth-order valence-electron chi connectivity index (χ4n) is 1.87. The van der Waals surface area contributed by atoms with Gasteiger partial charge in [0.2, 0.25) is 5.91 Å². The average molecular weight is 222 g/mol. The molecule has 1 amide bonds. The van der Waals surface area contributed by atoms with Crippen molar-refractivity contribution in [1.29, 1.82) is 0 Å². The van der Waals surface area contributed by atoms with Crippen LogP contribution in [-0.2, 0) is 17.8 Å². The zero-order chi connectivity index (χ0) is 11.4. The smallest absolute Gasteiger partial charge is 0.237 e. The highest BCUT2D eigenvalue weighted by Crippen LogP contribution is 2.11. The number of rotatable bonds is 4. The molecule has 1 aliphatic heterocycles. The molecule has 1 aliphatic rings. The van der Waals surface area contributed by atoms with E-state index in [1.807, 2.05) is 0 Å². The summed E-state index contributed by atoms with van der Waals surface area (Å²) in [7, 11) is 0. The number of hydrogen-bond donors (Lipinski definition) is 3. The van der Waals surface area contributed by atoms with Crippen LogP contribution in [0.1, 0.15) is 31.2 Å². The Balaban J connectivity index is 1.86. The average Bonchev–Trinajstić information content (AvgIpc) is 2.76. The van der Waals surface area contributed by atoms with Crippen molar-refractivity contribution in [3.05, 3.63) is 17.7 Å². The Bertz CT molecular complexity index is 361. The first-order valence-corrected chi connectivity index (χ1v) is 5.83. The molecule has 88 valence electrons. The van der Waals surface area contributed by atoms with Crippen molar-refractivity contribution >= 4 is 5.91 Å². The highest BCUT2D eigenvalue weighted by molar-refractivity contribution is 5.82. The molecular formula is C11H18N4O. The number of aromatic amines is 1. The molecule has 0 aromatic carbocycles. The largest absolute Gasteiger partial charge is 0.355 e. The van der Waals surface area contributed by atoms with Crippen LogP contribution < -0.4 is 10.6 Å². The maximum absolute atomic E-state index is 11.8. The fraction of sp³-hybridized carbons (Fsp3) is 0.636. The minimum atomic E-state index is -0.132. The summed E-state index contributed by atoms with van der Waals surface area (Å²) in [4.78, 5) is 19.1. The third-order valence-electron chi connectivity index (χ3n) is 2.88. The maximum Gasteiger partial charge on any atom is 0.237 e. The molecule has 5 heteroatoms. The minimum Gasteiger partial charge on any atom is -0.355 e. The van der Waals surface area contributed by atoms with Crippen molar-refractivity contribution in [2.24, 2.45) is 0 Å². The Hall–Kier alpha value is -1.36. The topological polar surface area (TPSA) is 69.8 Å². The van der Waals surface area contributed by atoms with Crippen LogP contribution in [0.4, 0.5) is 0 Å². The lowest BCUT2D eigenvalue weighted by atomic mass is 10.0. The molecule has 1 aromatic rings. The molecular weight excluding hydrogens is 204 g/mol. The molecule has 1 atom stereocenters. The van der Waals surface area contributed by atoms with Gasteiger partial charge < -0.3 is 10.3 Å². The van der Waals surface area contributed by atoms with Gasteiger partial charge in [-0.1, -0.05) is 13.3 Å². The van der Waals surface area contributed by atoms with E-state index in [4.69, 9.17) is 0 Å². The van der Waals surface area contributed by atoms with E-state index >= 15 is 0 Å². The van der Waals surface area contributed by atoms with Crippen LogP contribution >= 0.6 is 0 Å². The monoisotopic (exact) mass is 222 g/mol. The summed E-state index contributed by atoms with van der Waals surface area (Å²) >= 11 is 0. The zero-order valence-electron chi connectivity index (χ0n) is 9.55. The maximum atomic E-state index is 11.8. The molecule has 0 saturated carbocycles. The van der Waals surface area contributed by atoms with E-state index in [2.05, 4.69) is 27.5 Å². The minimum absolute atomic E-state index is 0.0853. The number of unbranched alkanes of at least 4 members (excludes halogenated alkanes) is 1. The number of hydrogen-bond acceptors (Lipinski definition) is 3. The molecule has 0 aliphatic carbocycles. The number of H-pyrrole nitrogens is 1. The molecule has 1 unspecified atom stereocenters. The van der Waals surface area contributed by atoms with Crippen molar-refractivity contribution in [2.45, 2.75) is 38.8 Å².